The van der Waals surface area contributed by atoms with Crippen molar-refractivity contribution in [2.75, 3.05) is 11.4 Å². The highest BCUT2D eigenvalue weighted by Crippen LogP contribution is 2.25. The number of pyridine rings is 1. The van der Waals surface area contributed by atoms with Crippen molar-refractivity contribution in [3.8, 4) is 0 Å². The smallest absolute Gasteiger partial charge is 0.265 e. The minimum Gasteiger partial charge on any atom is -0.325 e. The summed E-state index contributed by atoms with van der Waals surface area (Å²) < 4.78 is 26.7. The minimum atomic E-state index is -3.67. The van der Waals surface area contributed by atoms with Crippen molar-refractivity contribution in [2.45, 2.75) is 18.4 Å². The molecule has 0 unspecified atom stereocenters. The summed E-state index contributed by atoms with van der Waals surface area (Å²) in [6.07, 6.45) is 1.54. The molecule has 1 heterocycles. The SMILES string of the molecule is Cc1ccccc1N(C)S(=O)(=O)c1cccnc1CN. The molecule has 1 aromatic carbocycles. The molecule has 2 aromatic rings. The fourth-order valence-corrected chi connectivity index (χ4v) is 3.45. The summed E-state index contributed by atoms with van der Waals surface area (Å²) in [6, 6.07) is 10.4. The minimum absolute atomic E-state index is 0.0804. The number of aromatic nitrogens is 1. The monoisotopic (exact) mass is 291 g/mol. The summed E-state index contributed by atoms with van der Waals surface area (Å²) >= 11 is 0. The Bertz CT molecular complexity index is 714. The highest BCUT2D eigenvalue weighted by Gasteiger charge is 2.25. The summed E-state index contributed by atoms with van der Waals surface area (Å²) in [7, 11) is -2.13. The van der Waals surface area contributed by atoms with Crippen LogP contribution in [0.2, 0.25) is 0 Å². The number of hydrogen-bond donors (Lipinski definition) is 1. The molecule has 0 aliphatic carbocycles. The molecule has 6 heteroatoms. The summed E-state index contributed by atoms with van der Waals surface area (Å²) in [6.45, 7) is 1.95. The predicted molar refractivity (Wildman–Crippen MR) is 78.9 cm³/mol. The molecule has 0 atom stereocenters. The van der Waals surface area contributed by atoms with Crippen molar-refractivity contribution in [1.82, 2.24) is 4.98 Å². The Morgan fingerprint density at radius 1 is 1.20 bits per heavy atom. The first-order valence-corrected chi connectivity index (χ1v) is 7.61. The maximum atomic E-state index is 12.7. The van der Waals surface area contributed by atoms with Gasteiger partial charge in [0.05, 0.1) is 11.4 Å². The van der Waals surface area contributed by atoms with E-state index in [1.165, 1.54) is 23.6 Å². The number of hydrogen-bond acceptors (Lipinski definition) is 4. The molecule has 106 valence electrons. The standard InChI is InChI=1S/C14H17N3O2S/c1-11-6-3-4-7-13(11)17(2)20(18,19)14-8-5-9-16-12(14)10-15/h3-9H,10,15H2,1-2H3. The molecule has 1 aromatic heterocycles. The van der Waals surface area contributed by atoms with E-state index in [1.807, 2.05) is 19.1 Å². The zero-order chi connectivity index (χ0) is 14.8. The largest absolute Gasteiger partial charge is 0.325 e. The lowest BCUT2D eigenvalue weighted by Gasteiger charge is -2.22. The quantitative estimate of drug-likeness (QED) is 0.929. The van der Waals surface area contributed by atoms with Gasteiger partial charge in [0.1, 0.15) is 4.90 Å². The van der Waals surface area contributed by atoms with Crippen LogP contribution in [0.4, 0.5) is 5.69 Å². The number of anilines is 1. The molecule has 0 bridgehead atoms. The molecule has 0 fully saturated rings. The third-order valence-corrected chi connectivity index (χ3v) is 4.98. The molecule has 20 heavy (non-hydrogen) atoms. The van der Waals surface area contributed by atoms with E-state index in [1.54, 1.807) is 18.2 Å². The van der Waals surface area contributed by atoms with Crippen molar-refractivity contribution >= 4 is 15.7 Å². The number of rotatable bonds is 4. The second kappa shape index (κ2) is 5.60. The van der Waals surface area contributed by atoms with Gasteiger partial charge in [0.25, 0.3) is 10.0 Å². The number of benzene rings is 1. The van der Waals surface area contributed by atoms with E-state index < -0.39 is 10.0 Å². The van der Waals surface area contributed by atoms with Gasteiger partial charge in [-0.2, -0.15) is 0 Å². The van der Waals surface area contributed by atoms with E-state index in [2.05, 4.69) is 4.98 Å². The van der Waals surface area contributed by atoms with Crippen LogP contribution in [0.15, 0.2) is 47.5 Å². The molecule has 0 aliphatic heterocycles. The Morgan fingerprint density at radius 2 is 1.90 bits per heavy atom. The third kappa shape index (κ3) is 2.52. The molecule has 0 amide bonds. The van der Waals surface area contributed by atoms with Gasteiger partial charge >= 0.3 is 0 Å². The van der Waals surface area contributed by atoms with Crippen molar-refractivity contribution < 1.29 is 8.42 Å². The van der Waals surface area contributed by atoms with Gasteiger partial charge < -0.3 is 5.73 Å². The van der Waals surface area contributed by atoms with E-state index in [-0.39, 0.29) is 11.4 Å². The van der Waals surface area contributed by atoms with Crippen LogP contribution >= 0.6 is 0 Å². The van der Waals surface area contributed by atoms with E-state index in [9.17, 15) is 8.42 Å². The molecule has 2 rings (SSSR count). The van der Waals surface area contributed by atoms with Crippen LogP contribution < -0.4 is 10.0 Å². The highest BCUT2D eigenvalue weighted by atomic mass is 32.2. The predicted octanol–water partition coefficient (Wildman–Crippen LogP) is 1.67. The summed E-state index contributed by atoms with van der Waals surface area (Å²) in [5, 5.41) is 0. The Morgan fingerprint density at radius 3 is 2.55 bits per heavy atom. The summed E-state index contributed by atoms with van der Waals surface area (Å²) in [5.74, 6) is 0. The van der Waals surface area contributed by atoms with Gasteiger partial charge in [0, 0.05) is 19.8 Å². The van der Waals surface area contributed by atoms with Crippen LogP contribution in [0, 0.1) is 6.92 Å². The maximum absolute atomic E-state index is 12.7. The van der Waals surface area contributed by atoms with E-state index in [0.29, 0.717) is 11.4 Å². The zero-order valence-corrected chi connectivity index (χ0v) is 12.3. The van der Waals surface area contributed by atoms with Gasteiger partial charge in [-0.25, -0.2) is 8.42 Å². The van der Waals surface area contributed by atoms with Crippen molar-refractivity contribution in [3.63, 3.8) is 0 Å². The second-order valence-electron chi connectivity index (χ2n) is 4.41. The average molecular weight is 291 g/mol. The number of para-hydroxylation sites is 1. The van der Waals surface area contributed by atoms with E-state index >= 15 is 0 Å². The van der Waals surface area contributed by atoms with Crippen LogP contribution in [0.25, 0.3) is 0 Å². The van der Waals surface area contributed by atoms with Crippen molar-refractivity contribution in [3.05, 3.63) is 53.9 Å². The number of aryl methyl sites for hydroxylation is 1. The fraction of sp³-hybridized carbons (Fsp3) is 0.214. The molecule has 0 saturated carbocycles. The van der Waals surface area contributed by atoms with Crippen LogP contribution in [-0.4, -0.2) is 20.4 Å². The summed E-state index contributed by atoms with van der Waals surface area (Å²) in [4.78, 5) is 4.18. The number of sulfonamides is 1. The van der Waals surface area contributed by atoms with Crippen LogP contribution in [0.3, 0.4) is 0 Å². The van der Waals surface area contributed by atoms with Gasteiger partial charge in [0.15, 0.2) is 0 Å². The van der Waals surface area contributed by atoms with Gasteiger partial charge in [-0.05, 0) is 30.7 Å². The first kappa shape index (κ1) is 14.5. The Kier molecular flexibility index (Phi) is 4.06. The molecule has 2 N–H and O–H groups in total. The Balaban J connectivity index is 2.53. The van der Waals surface area contributed by atoms with Crippen molar-refractivity contribution in [1.29, 1.82) is 0 Å². The second-order valence-corrected chi connectivity index (χ2v) is 6.35. The number of nitrogens with two attached hydrogens (primary N) is 1. The van der Waals surface area contributed by atoms with Gasteiger partial charge in [-0.15, -0.1) is 0 Å². The average Bonchev–Trinajstić information content (AvgIpc) is 2.47. The van der Waals surface area contributed by atoms with Crippen LogP contribution in [-0.2, 0) is 16.6 Å². The first-order valence-electron chi connectivity index (χ1n) is 6.17. The topological polar surface area (TPSA) is 76.3 Å². The zero-order valence-electron chi connectivity index (χ0n) is 11.4. The molecular formula is C14H17N3O2S. The van der Waals surface area contributed by atoms with Gasteiger partial charge in [-0.1, -0.05) is 18.2 Å². The van der Waals surface area contributed by atoms with Gasteiger partial charge in [-0.3, -0.25) is 9.29 Å². The van der Waals surface area contributed by atoms with E-state index in [0.717, 1.165) is 5.56 Å². The van der Waals surface area contributed by atoms with Crippen LogP contribution in [0.5, 0.6) is 0 Å². The number of nitrogens with zero attached hydrogens (tertiary/aromatic N) is 2. The molecular weight excluding hydrogens is 274 g/mol. The molecule has 0 spiro atoms. The Labute approximate surface area is 119 Å². The normalized spacial score (nSPS) is 11.3. The highest BCUT2D eigenvalue weighted by molar-refractivity contribution is 7.92. The third-order valence-electron chi connectivity index (χ3n) is 3.13. The Hall–Kier alpha value is -1.92. The lowest BCUT2D eigenvalue weighted by Crippen LogP contribution is -2.28. The lowest BCUT2D eigenvalue weighted by atomic mass is 10.2. The summed E-state index contributed by atoms with van der Waals surface area (Å²) in [5.41, 5.74) is 7.46. The molecule has 5 nitrogen and oxygen atoms in total. The molecule has 0 aliphatic rings. The van der Waals surface area contributed by atoms with E-state index in [4.69, 9.17) is 5.73 Å². The fourth-order valence-electron chi connectivity index (χ4n) is 2.01. The molecule has 0 saturated heterocycles. The first-order chi connectivity index (χ1) is 9.48. The van der Waals surface area contributed by atoms with Crippen molar-refractivity contribution in [2.24, 2.45) is 5.73 Å². The van der Waals surface area contributed by atoms with Crippen LogP contribution in [0.1, 0.15) is 11.3 Å². The van der Waals surface area contributed by atoms with Gasteiger partial charge in [0.2, 0.25) is 0 Å². The lowest BCUT2D eigenvalue weighted by molar-refractivity contribution is 0.592. The molecule has 0 radical (unpaired) electrons. The maximum Gasteiger partial charge on any atom is 0.265 e.